The molecule has 170 valence electrons. The summed E-state index contributed by atoms with van der Waals surface area (Å²) >= 11 is 0. The second-order valence-corrected chi connectivity index (χ2v) is 10.1. The van der Waals surface area contributed by atoms with E-state index in [2.05, 4.69) is 20.9 Å². The highest BCUT2D eigenvalue weighted by atomic mass is 32.3. The van der Waals surface area contributed by atoms with Gasteiger partial charge in [-0.3, -0.25) is 14.1 Å². The summed E-state index contributed by atoms with van der Waals surface area (Å²) in [6, 6.07) is 24.9. The van der Waals surface area contributed by atoms with Crippen LogP contribution in [0.2, 0.25) is 0 Å². The maximum atomic E-state index is 10.6. The largest absolute Gasteiger partial charge is 0.336 e. The molecule has 5 rings (SSSR count). The van der Waals surface area contributed by atoms with Gasteiger partial charge in [0.1, 0.15) is 5.82 Å². The van der Waals surface area contributed by atoms with E-state index in [-0.39, 0.29) is 5.75 Å². The first-order valence-corrected chi connectivity index (χ1v) is 12.5. The van der Waals surface area contributed by atoms with Crippen LogP contribution in [0.3, 0.4) is 0 Å². The van der Waals surface area contributed by atoms with Crippen molar-refractivity contribution in [3.05, 3.63) is 103 Å². The molecule has 7 nitrogen and oxygen atoms in total. The highest BCUT2D eigenvalue weighted by Crippen LogP contribution is 2.56. The molecular weight excluding hydrogens is 446 g/mol. The lowest BCUT2D eigenvalue weighted by Gasteiger charge is -2.43. The maximum absolute atomic E-state index is 10.6. The molecule has 34 heavy (non-hydrogen) atoms. The van der Waals surface area contributed by atoms with Gasteiger partial charge < -0.3 is 9.80 Å². The van der Waals surface area contributed by atoms with E-state index in [1.807, 2.05) is 60.7 Å². The molecule has 0 aliphatic carbocycles. The SMILES string of the molecule is N#Cc1cccc(N(Cc2cccnc2N2CCS(O)(O)c3ccccc32)c2cccnc2)c1. The van der Waals surface area contributed by atoms with Gasteiger partial charge in [-0.2, -0.15) is 15.9 Å². The summed E-state index contributed by atoms with van der Waals surface area (Å²) in [7, 11) is -2.83. The van der Waals surface area contributed by atoms with E-state index >= 15 is 0 Å². The number of benzene rings is 2. The molecule has 0 spiro atoms. The normalized spacial score (nSPS) is 15.1. The van der Waals surface area contributed by atoms with E-state index in [1.165, 1.54) is 0 Å². The molecule has 2 aromatic heterocycles. The van der Waals surface area contributed by atoms with Gasteiger partial charge >= 0.3 is 0 Å². The zero-order valence-electron chi connectivity index (χ0n) is 18.3. The Morgan fingerprint density at radius 2 is 1.79 bits per heavy atom. The minimum absolute atomic E-state index is 0.247. The van der Waals surface area contributed by atoms with Gasteiger partial charge in [0, 0.05) is 30.2 Å². The minimum Gasteiger partial charge on any atom is -0.336 e. The predicted molar refractivity (Wildman–Crippen MR) is 135 cm³/mol. The van der Waals surface area contributed by atoms with Gasteiger partial charge in [-0.05, 0) is 48.5 Å². The zero-order chi connectivity index (χ0) is 23.5. The van der Waals surface area contributed by atoms with Gasteiger partial charge in [-0.15, -0.1) is 0 Å². The molecular formula is C26H23N5O2S. The van der Waals surface area contributed by atoms with Crippen molar-refractivity contribution in [3.8, 4) is 6.07 Å². The molecule has 0 bridgehead atoms. The molecule has 0 radical (unpaired) electrons. The number of hydrogen-bond acceptors (Lipinski definition) is 7. The minimum atomic E-state index is -2.83. The number of hydrogen-bond donors (Lipinski definition) is 2. The number of nitriles is 1. The van der Waals surface area contributed by atoms with E-state index < -0.39 is 10.6 Å². The Kier molecular flexibility index (Phi) is 5.90. The summed E-state index contributed by atoms with van der Waals surface area (Å²) in [5.41, 5.74) is 4.05. The average Bonchev–Trinajstić information content (AvgIpc) is 2.88. The molecule has 0 amide bonds. The number of fused-ring (bicyclic) bond motifs is 1. The number of rotatable bonds is 5. The summed E-state index contributed by atoms with van der Waals surface area (Å²) in [6.45, 7) is 0.929. The summed E-state index contributed by atoms with van der Waals surface area (Å²) < 4.78 is 21.2. The Bertz CT molecular complexity index is 1360. The van der Waals surface area contributed by atoms with Crippen LogP contribution in [0.4, 0.5) is 22.9 Å². The standard InChI is InChI=1S/C26H23N5O2S/c27-17-20-6-3-8-22(16-20)31(23-9-5-12-28-18-23)19-21-7-4-13-29-26(21)30-14-15-34(32,33)25-11-2-1-10-24(25)30/h1-13,16,18,32-33H,14-15,19H2. The lowest BCUT2D eigenvalue weighted by atomic mass is 10.1. The van der Waals surface area contributed by atoms with Crippen LogP contribution < -0.4 is 9.80 Å². The molecule has 0 saturated heterocycles. The predicted octanol–water partition coefficient (Wildman–Crippen LogP) is 5.95. The van der Waals surface area contributed by atoms with Crippen molar-refractivity contribution in [1.82, 2.24) is 9.97 Å². The zero-order valence-corrected chi connectivity index (χ0v) is 19.1. The Morgan fingerprint density at radius 3 is 2.62 bits per heavy atom. The Hall–Kier alpha value is -3.90. The van der Waals surface area contributed by atoms with Crippen LogP contribution in [0.15, 0.2) is 96.3 Å². The van der Waals surface area contributed by atoms with Crippen molar-refractivity contribution in [2.75, 3.05) is 22.1 Å². The van der Waals surface area contributed by atoms with Crippen LogP contribution in [0.25, 0.3) is 0 Å². The van der Waals surface area contributed by atoms with E-state index in [9.17, 15) is 14.4 Å². The molecule has 2 N–H and O–H groups in total. The monoisotopic (exact) mass is 469 g/mol. The Labute approximate surface area is 199 Å². The van der Waals surface area contributed by atoms with Crippen LogP contribution in [0.1, 0.15) is 11.1 Å². The summed E-state index contributed by atoms with van der Waals surface area (Å²) in [5, 5.41) is 9.42. The molecule has 1 aliphatic rings. The lowest BCUT2D eigenvalue weighted by molar-refractivity contribution is 0.483. The molecule has 0 saturated carbocycles. The van der Waals surface area contributed by atoms with Crippen molar-refractivity contribution in [2.45, 2.75) is 11.4 Å². The highest BCUT2D eigenvalue weighted by molar-refractivity contribution is 8.24. The van der Waals surface area contributed by atoms with Crippen molar-refractivity contribution in [1.29, 1.82) is 5.26 Å². The lowest BCUT2D eigenvalue weighted by Crippen LogP contribution is -2.31. The van der Waals surface area contributed by atoms with Crippen molar-refractivity contribution >= 4 is 33.5 Å². The third kappa shape index (κ3) is 4.20. The summed E-state index contributed by atoms with van der Waals surface area (Å²) in [5.74, 6) is 1.01. The molecule has 4 aromatic rings. The molecule has 0 unspecified atom stereocenters. The Balaban J connectivity index is 1.58. The summed E-state index contributed by atoms with van der Waals surface area (Å²) in [6.07, 6.45) is 5.27. The smallest absolute Gasteiger partial charge is 0.138 e. The third-order valence-electron chi connectivity index (χ3n) is 5.80. The van der Waals surface area contributed by atoms with E-state index in [0.29, 0.717) is 23.5 Å². The first kappa shape index (κ1) is 21.9. The fraction of sp³-hybridized carbons (Fsp3) is 0.115. The second-order valence-electron chi connectivity index (χ2n) is 7.94. The molecule has 0 atom stereocenters. The molecule has 3 heterocycles. The van der Waals surface area contributed by atoms with Crippen LogP contribution in [-0.4, -0.2) is 31.4 Å². The van der Waals surface area contributed by atoms with Gasteiger partial charge in [0.05, 0.1) is 46.4 Å². The number of pyridine rings is 2. The van der Waals surface area contributed by atoms with Gasteiger partial charge in [-0.1, -0.05) is 24.3 Å². The molecule has 0 fully saturated rings. The second kappa shape index (κ2) is 9.15. The van der Waals surface area contributed by atoms with Crippen molar-refractivity contribution in [2.24, 2.45) is 0 Å². The van der Waals surface area contributed by atoms with Crippen LogP contribution in [0, 0.1) is 11.3 Å². The number of anilines is 4. The first-order chi connectivity index (χ1) is 16.6. The topological polar surface area (TPSA) is 96.5 Å². The molecule has 8 heteroatoms. The van der Waals surface area contributed by atoms with E-state index in [1.54, 1.807) is 30.7 Å². The fourth-order valence-corrected chi connectivity index (χ4v) is 5.65. The van der Waals surface area contributed by atoms with Crippen molar-refractivity contribution in [3.63, 3.8) is 0 Å². The molecule has 2 aromatic carbocycles. The first-order valence-electron chi connectivity index (χ1n) is 10.8. The number of aromatic nitrogens is 2. The van der Waals surface area contributed by atoms with E-state index in [4.69, 9.17) is 4.98 Å². The van der Waals surface area contributed by atoms with Gasteiger partial charge in [0.2, 0.25) is 0 Å². The van der Waals surface area contributed by atoms with Crippen LogP contribution >= 0.6 is 10.6 Å². The van der Waals surface area contributed by atoms with Crippen molar-refractivity contribution < 1.29 is 9.11 Å². The van der Waals surface area contributed by atoms with Gasteiger partial charge in [-0.25, -0.2) is 4.98 Å². The van der Waals surface area contributed by atoms with E-state index in [0.717, 1.165) is 28.4 Å². The fourth-order valence-electron chi connectivity index (χ4n) is 4.18. The Morgan fingerprint density at radius 1 is 0.971 bits per heavy atom. The molecule has 1 aliphatic heterocycles. The highest BCUT2D eigenvalue weighted by Gasteiger charge is 2.31. The van der Waals surface area contributed by atoms with Gasteiger partial charge in [0.25, 0.3) is 0 Å². The maximum Gasteiger partial charge on any atom is 0.138 e. The number of nitrogens with zero attached hydrogens (tertiary/aromatic N) is 5. The van der Waals surface area contributed by atoms with Crippen LogP contribution in [0.5, 0.6) is 0 Å². The van der Waals surface area contributed by atoms with Crippen LogP contribution in [-0.2, 0) is 6.54 Å². The quantitative estimate of drug-likeness (QED) is 0.373. The summed E-state index contributed by atoms with van der Waals surface area (Å²) in [4.78, 5) is 13.7. The number of para-hydroxylation sites is 1. The van der Waals surface area contributed by atoms with Gasteiger partial charge in [0.15, 0.2) is 0 Å². The average molecular weight is 470 g/mol. The third-order valence-corrected chi connectivity index (χ3v) is 7.61.